The second-order valence-electron chi connectivity index (χ2n) is 3.61. The minimum absolute atomic E-state index is 0.549. The summed E-state index contributed by atoms with van der Waals surface area (Å²) in [6, 6.07) is 7.84. The number of likely N-dealkylation sites (N-methyl/N-ethyl adjacent to an activating group) is 1. The maximum absolute atomic E-state index is 10.3. The van der Waals surface area contributed by atoms with Gasteiger partial charge in [-0.1, -0.05) is 24.1 Å². The summed E-state index contributed by atoms with van der Waals surface area (Å²) in [5.41, 5.74) is 0.995. The van der Waals surface area contributed by atoms with Crippen molar-refractivity contribution in [3.05, 3.63) is 29.8 Å². The van der Waals surface area contributed by atoms with Gasteiger partial charge in [-0.3, -0.25) is 0 Å². The van der Waals surface area contributed by atoms with Crippen LogP contribution in [-0.2, 0) is 5.60 Å². The van der Waals surface area contributed by atoms with Crippen LogP contribution in [0.5, 0.6) is 0 Å². The lowest BCUT2D eigenvalue weighted by Crippen LogP contribution is -2.29. The van der Waals surface area contributed by atoms with Crippen LogP contribution in [0.2, 0.25) is 0 Å². The van der Waals surface area contributed by atoms with E-state index in [4.69, 9.17) is 0 Å². The van der Waals surface area contributed by atoms with E-state index in [9.17, 15) is 5.11 Å². The average Bonchev–Trinajstić information content (AvgIpc) is 2.41. The molecule has 14 heavy (non-hydrogen) atoms. The monoisotopic (exact) mass is 187 g/mol. The largest absolute Gasteiger partial charge is 0.372 e. The van der Waals surface area contributed by atoms with E-state index in [-0.39, 0.29) is 0 Å². The van der Waals surface area contributed by atoms with Gasteiger partial charge in [0.25, 0.3) is 0 Å². The van der Waals surface area contributed by atoms with Crippen molar-refractivity contribution in [2.24, 2.45) is 0 Å². The van der Waals surface area contributed by atoms with Gasteiger partial charge < -0.3 is 10.0 Å². The molecule has 1 heterocycles. The fourth-order valence-corrected chi connectivity index (χ4v) is 1.98. The molecule has 0 bridgehead atoms. The number of hydrogen-bond donors (Lipinski definition) is 1. The molecule has 72 valence electrons. The van der Waals surface area contributed by atoms with Crippen molar-refractivity contribution in [1.29, 1.82) is 0 Å². The molecule has 0 amide bonds. The summed E-state index contributed by atoms with van der Waals surface area (Å²) in [6.07, 6.45) is 0. The molecule has 2 rings (SSSR count). The van der Waals surface area contributed by atoms with E-state index in [1.54, 1.807) is 6.92 Å². The van der Waals surface area contributed by atoms with Crippen LogP contribution in [0, 0.1) is 11.8 Å². The van der Waals surface area contributed by atoms with E-state index in [2.05, 4.69) is 11.8 Å². The SMILES string of the molecule is CC#CC1(O)CN(C)c2ccccc21. The molecule has 1 unspecified atom stereocenters. The summed E-state index contributed by atoms with van der Waals surface area (Å²) in [7, 11) is 1.97. The van der Waals surface area contributed by atoms with Gasteiger partial charge in [0.15, 0.2) is 5.60 Å². The topological polar surface area (TPSA) is 23.5 Å². The Balaban J connectivity index is 2.57. The smallest absolute Gasteiger partial charge is 0.170 e. The highest BCUT2D eigenvalue weighted by Gasteiger charge is 2.37. The number of rotatable bonds is 0. The van der Waals surface area contributed by atoms with Crippen LogP contribution in [0.4, 0.5) is 5.69 Å². The summed E-state index contributed by atoms with van der Waals surface area (Å²) in [5, 5.41) is 10.3. The molecule has 2 heteroatoms. The molecule has 2 nitrogen and oxygen atoms in total. The van der Waals surface area contributed by atoms with Gasteiger partial charge in [0, 0.05) is 18.3 Å². The fraction of sp³-hybridized carbons (Fsp3) is 0.333. The summed E-state index contributed by atoms with van der Waals surface area (Å²) in [5.74, 6) is 5.66. The van der Waals surface area contributed by atoms with Crippen molar-refractivity contribution in [1.82, 2.24) is 0 Å². The number of hydrogen-bond acceptors (Lipinski definition) is 2. The van der Waals surface area contributed by atoms with E-state index >= 15 is 0 Å². The number of benzene rings is 1. The minimum atomic E-state index is -0.986. The Kier molecular flexibility index (Phi) is 1.98. The summed E-state index contributed by atoms with van der Waals surface area (Å²) < 4.78 is 0. The van der Waals surface area contributed by atoms with E-state index in [1.807, 2.05) is 36.2 Å². The second-order valence-corrected chi connectivity index (χ2v) is 3.61. The predicted octanol–water partition coefficient (Wildman–Crippen LogP) is 1.35. The normalized spacial score (nSPS) is 24.1. The number of β-amino-alcohol motifs (C(OH)–C–C–N with tert-alkyl or cyclic N) is 1. The molecule has 1 aromatic carbocycles. The number of nitrogens with zero attached hydrogens (tertiary/aromatic N) is 1. The zero-order valence-corrected chi connectivity index (χ0v) is 8.41. The zero-order valence-electron chi connectivity index (χ0n) is 8.41. The molecule has 0 aromatic heterocycles. The Morgan fingerprint density at radius 2 is 2.14 bits per heavy atom. The van der Waals surface area contributed by atoms with Gasteiger partial charge >= 0.3 is 0 Å². The Hall–Kier alpha value is -1.46. The quantitative estimate of drug-likeness (QED) is 0.620. The summed E-state index contributed by atoms with van der Waals surface area (Å²) in [4.78, 5) is 2.03. The van der Waals surface area contributed by atoms with E-state index in [0.717, 1.165) is 11.3 Å². The number of fused-ring (bicyclic) bond motifs is 1. The third-order valence-corrected chi connectivity index (χ3v) is 2.56. The van der Waals surface area contributed by atoms with Crippen LogP contribution in [0.1, 0.15) is 12.5 Å². The third-order valence-electron chi connectivity index (χ3n) is 2.56. The highest BCUT2D eigenvalue weighted by molar-refractivity contribution is 5.63. The van der Waals surface area contributed by atoms with Crippen LogP contribution >= 0.6 is 0 Å². The Labute approximate surface area is 84.2 Å². The summed E-state index contributed by atoms with van der Waals surface area (Å²) >= 11 is 0. The van der Waals surface area contributed by atoms with Crippen molar-refractivity contribution in [2.45, 2.75) is 12.5 Å². The molecule has 1 aromatic rings. The van der Waals surface area contributed by atoms with Crippen molar-refractivity contribution in [3.8, 4) is 11.8 Å². The standard InChI is InChI=1S/C12H13NO/c1-3-8-12(14)9-13(2)11-7-5-4-6-10(11)12/h4-7,14H,9H2,1-2H3. The van der Waals surface area contributed by atoms with Crippen LogP contribution in [0.3, 0.4) is 0 Å². The van der Waals surface area contributed by atoms with Gasteiger partial charge in [-0.05, 0) is 13.0 Å². The Morgan fingerprint density at radius 1 is 1.43 bits per heavy atom. The fourth-order valence-electron chi connectivity index (χ4n) is 1.98. The van der Waals surface area contributed by atoms with Crippen LogP contribution in [0.25, 0.3) is 0 Å². The lowest BCUT2D eigenvalue weighted by molar-refractivity contribution is 0.118. The van der Waals surface area contributed by atoms with Gasteiger partial charge in [-0.15, -0.1) is 5.92 Å². The number of anilines is 1. The predicted molar refractivity (Wildman–Crippen MR) is 57.1 cm³/mol. The van der Waals surface area contributed by atoms with Gasteiger partial charge in [0.05, 0.1) is 6.54 Å². The third kappa shape index (κ3) is 1.18. The molecule has 0 spiro atoms. The summed E-state index contributed by atoms with van der Waals surface area (Å²) in [6.45, 7) is 2.30. The number of para-hydroxylation sites is 1. The highest BCUT2D eigenvalue weighted by atomic mass is 16.3. The highest BCUT2D eigenvalue weighted by Crippen LogP contribution is 2.37. The number of aliphatic hydroxyl groups is 1. The molecular formula is C12H13NO. The van der Waals surface area contributed by atoms with Crippen LogP contribution in [0.15, 0.2) is 24.3 Å². The van der Waals surface area contributed by atoms with Gasteiger partial charge in [-0.2, -0.15) is 0 Å². The van der Waals surface area contributed by atoms with Crippen molar-refractivity contribution in [2.75, 3.05) is 18.5 Å². The molecule has 1 aliphatic heterocycles. The molecule has 0 fully saturated rings. The van der Waals surface area contributed by atoms with Crippen molar-refractivity contribution >= 4 is 5.69 Å². The maximum Gasteiger partial charge on any atom is 0.170 e. The van der Waals surface area contributed by atoms with Crippen molar-refractivity contribution in [3.63, 3.8) is 0 Å². The molecule has 0 aliphatic carbocycles. The molecule has 0 radical (unpaired) electrons. The Morgan fingerprint density at radius 3 is 2.86 bits per heavy atom. The van der Waals surface area contributed by atoms with E-state index in [1.165, 1.54) is 0 Å². The first kappa shape index (κ1) is 9.11. The average molecular weight is 187 g/mol. The Bertz CT molecular complexity index is 416. The first-order valence-electron chi connectivity index (χ1n) is 4.64. The molecule has 0 saturated heterocycles. The van der Waals surface area contributed by atoms with E-state index in [0.29, 0.717) is 6.54 Å². The van der Waals surface area contributed by atoms with Crippen molar-refractivity contribution < 1.29 is 5.11 Å². The minimum Gasteiger partial charge on any atom is -0.372 e. The maximum atomic E-state index is 10.3. The first-order chi connectivity index (χ1) is 6.67. The lowest BCUT2D eigenvalue weighted by Gasteiger charge is -2.16. The van der Waals surface area contributed by atoms with Gasteiger partial charge in [0.2, 0.25) is 0 Å². The molecule has 1 aliphatic rings. The lowest BCUT2D eigenvalue weighted by atomic mass is 9.97. The first-order valence-corrected chi connectivity index (χ1v) is 4.64. The van der Waals surface area contributed by atoms with Gasteiger partial charge in [0.1, 0.15) is 0 Å². The van der Waals surface area contributed by atoms with Crippen LogP contribution < -0.4 is 4.90 Å². The van der Waals surface area contributed by atoms with E-state index < -0.39 is 5.60 Å². The van der Waals surface area contributed by atoms with Crippen LogP contribution in [-0.4, -0.2) is 18.7 Å². The second kappa shape index (κ2) is 3.04. The molecule has 0 saturated carbocycles. The molecule has 1 atom stereocenters. The zero-order chi connectivity index (χ0) is 10.2. The van der Waals surface area contributed by atoms with Gasteiger partial charge in [-0.25, -0.2) is 0 Å². The molecular weight excluding hydrogens is 174 g/mol. The molecule has 1 N–H and O–H groups in total.